The van der Waals surface area contributed by atoms with Crippen molar-refractivity contribution in [3.8, 4) is 6.07 Å². The third-order valence-corrected chi connectivity index (χ3v) is 4.09. The van der Waals surface area contributed by atoms with E-state index in [2.05, 4.69) is 42.2 Å². The standard InChI is InChI=1S/C18H18N2/c1-14-11-16-9-5-6-10-18(16)20(14)13-17(12-19)15-7-3-2-4-8-15/h2-10,14,17H,11,13H2,1H3. The van der Waals surface area contributed by atoms with Gasteiger partial charge in [0.15, 0.2) is 0 Å². The molecule has 0 spiro atoms. The lowest BCUT2D eigenvalue weighted by molar-refractivity contribution is 0.648. The molecule has 0 bridgehead atoms. The second-order valence-corrected chi connectivity index (χ2v) is 5.43. The Morgan fingerprint density at radius 3 is 2.60 bits per heavy atom. The molecular formula is C18H18N2. The van der Waals surface area contributed by atoms with E-state index in [-0.39, 0.29) is 5.92 Å². The smallest absolute Gasteiger partial charge is 0.0887 e. The molecule has 2 atom stereocenters. The van der Waals surface area contributed by atoms with Gasteiger partial charge in [0.05, 0.1) is 12.0 Å². The van der Waals surface area contributed by atoms with E-state index in [1.165, 1.54) is 11.3 Å². The number of nitrogens with zero attached hydrogens (tertiary/aromatic N) is 2. The molecule has 0 amide bonds. The van der Waals surface area contributed by atoms with E-state index < -0.39 is 0 Å². The van der Waals surface area contributed by atoms with Gasteiger partial charge in [-0.1, -0.05) is 48.5 Å². The van der Waals surface area contributed by atoms with E-state index >= 15 is 0 Å². The zero-order valence-corrected chi connectivity index (χ0v) is 11.7. The van der Waals surface area contributed by atoms with Crippen molar-refractivity contribution in [3.63, 3.8) is 0 Å². The maximum Gasteiger partial charge on any atom is 0.0887 e. The number of nitriles is 1. The van der Waals surface area contributed by atoms with Crippen molar-refractivity contribution in [3.05, 3.63) is 65.7 Å². The van der Waals surface area contributed by atoms with Crippen LogP contribution in [0.1, 0.15) is 24.0 Å². The molecule has 0 aromatic heterocycles. The van der Waals surface area contributed by atoms with E-state index in [0.717, 1.165) is 18.5 Å². The molecule has 0 fully saturated rings. The van der Waals surface area contributed by atoms with Crippen LogP contribution in [0.25, 0.3) is 0 Å². The van der Waals surface area contributed by atoms with Crippen LogP contribution >= 0.6 is 0 Å². The van der Waals surface area contributed by atoms with Crippen LogP contribution in [-0.2, 0) is 6.42 Å². The Kier molecular flexibility index (Phi) is 3.43. The number of para-hydroxylation sites is 1. The molecule has 2 nitrogen and oxygen atoms in total. The van der Waals surface area contributed by atoms with Crippen molar-refractivity contribution < 1.29 is 0 Å². The van der Waals surface area contributed by atoms with Gasteiger partial charge in [-0.2, -0.15) is 5.26 Å². The van der Waals surface area contributed by atoms with E-state index in [9.17, 15) is 5.26 Å². The first-order valence-corrected chi connectivity index (χ1v) is 7.08. The fourth-order valence-electron chi connectivity index (χ4n) is 3.01. The highest BCUT2D eigenvalue weighted by molar-refractivity contribution is 5.59. The largest absolute Gasteiger partial charge is 0.367 e. The van der Waals surface area contributed by atoms with Crippen LogP contribution in [0, 0.1) is 11.3 Å². The summed E-state index contributed by atoms with van der Waals surface area (Å²) in [7, 11) is 0. The van der Waals surface area contributed by atoms with Crippen LogP contribution in [0.2, 0.25) is 0 Å². The zero-order valence-electron chi connectivity index (χ0n) is 11.7. The second kappa shape index (κ2) is 5.38. The molecule has 2 aromatic carbocycles. The summed E-state index contributed by atoms with van der Waals surface area (Å²) in [5.74, 6) is -0.0789. The van der Waals surface area contributed by atoms with E-state index in [0.29, 0.717) is 6.04 Å². The SMILES string of the molecule is CC1Cc2ccccc2N1CC(C#N)c1ccccc1. The summed E-state index contributed by atoms with van der Waals surface area (Å²) in [6.45, 7) is 3.00. The van der Waals surface area contributed by atoms with Gasteiger partial charge < -0.3 is 4.90 Å². The molecule has 100 valence electrons. The maximum absolute atomic E-state index is 9.50. The van der Waals surface area contributed by atoms with Crippen molar-refractivity contribution in [1.29, 1.82) is 5.26 Å². The topological polar surface area (TPSA) is 27.0 Å². The van der Waals surface area contributed by atoms with E-state index in [1.807, 2.05) is 30.3 Å². The Hall–Kier alpha value is -2.27. The molecule has 0 N–H and O–H groups in total. The van der Waals surface area contributed by atoms with Crippen LogP contribution < -0.4 is 4.90 Å². The van der Waals surface area contributed by atoms with Crippen molar-refractivity contribution in [1.82, 2.24) is 0 Å². The molecule has 20 heavy (non-hydrogen) atoms. The van der Waals surface area contributed by atoms with Gasteiger partial charge in [-0.15, -0.1) is 0 Å². The summed E-state index contributed by atoms with van der Waals surface area (Å²) in [4.78, 5) is 2.37. The van der Waals surface area contributed by atoms with Gasteiger partial charge >= 0.3 is 0 Å². The Labute approximate surface area is 120 Å². The molecule has 1 aliphatic heterocycles. The monoisotopic (exact) mass is 262 g/mol. The van der Waals surface area contributed by atoms with Gasteiger partial charge in [-0.25, -0.2) is 0 Å². The molecule has 0 radical (unpaired) electrons. The number of hydrogen-bond acceptors (Lipinski definition) is 2. The normalized spacial score (nSPS) is 18.4. The third-order valence-electron chi connectivity index (χ3n) is 4.09. The molecule has 1 heterocycles. The number of hydrogen-bond donors (Lipinski definition) is 0. The van der Waals surface area contributed by atoms with Crippen LogP contribution in [0.3, 0.4) is 0 Å². The molecule has 0 saturated carbocycles. The second-order valence-electron chi connectivity index (χ2n) is 5.43. The Bertz CT molecular complexity index is 627. The predicted octanol–water partition coefficient (Wildman–Crippen LogP) is 3.74. The molecule has 0 saturated heterocycles. The summed E-state index contributed by atoms with van der Waals surface area (Å²) in [6, 6.07) is 21.5. The van der Waals surface area contributed by atoms with Crippen molar-refractivity contribution in [2.45, 2.75) is 25.3 Å². The first-order chi connectivity index (χ1) is 9.79. The van der Waals surface area contributed by atoms with Crippen LogP contribution in [0.15, 0.2) is 54.6 Å². The Balaban J connectivity index is 1.86. The van der Waals surface area contributed by atoms with Crippen molar-refractivity contribution >= 4 is 5.69 Å². The average molecular weight is 262 g/mol. The molecule has 3 rings (SSSR count). The first kappa shape index (κ1) is 12.7. The summed E-state index contributed by atoms with van der Waals surface area (Å²) >= 11 is 0. The minimum absolute atomic E-state index is 0.0789. The number of rotatable bonds is 3. The zero-order chi connectivity index (χ0) is 13.9. The van der Waals surface area contributed by atoms with Crippen molar-refractivity contribution in [2.24, 2.45) is 0 Å². The summed E-state index contributed by atoms with van der Waals surface area (Å²) in [6.07, 6.45) is 1.07. The summed E-state index contributed by atoms with van der Waals surface area (Å²) < 4.78 is 0. The van der Waals surface area contributed by atoms with Crippen molar-refractivity contribution in [2.75, 3.05) is 11.4 Å². The van der Waals surface area contributed by atoms with Gasteiger partial charge in [-0.05, 0) is 30.5 Å². The average Bonchev–Trinajstić information content (AvgIpc) is 2.81. The highest BCUT2D eigenvalue weighted by Gasteiger charge is 2.27. The maximum atomic E-state index is 9.50. The highest BCUT2D eigenvalue weighted by atomic mass is 15.2. The first-order valence-electron chi connectivity index (χ1n) is 7.08. The van der Waals surface area contributed by atoms with Gasteiger partial charge in [0, 0.05) is 18.3 Å². The highest BCUT2D eigenvalue weighted by Crippen LogP contribution is 2.33. The Morgan fingerprint density at radius 2 is 1.85 bits per heavy atom. The third kappa shape index (κ3) is 2.28. The minimum atomic E-state index is -0.0789. The summed E-state index contributed by atoms with van der Waals surface area (Å²) in [5.41, 5.74) is 3.78. The molecule has 2 heteroatoms. The molecule has 2 aromatic rings. The fourth-order valence-corrected chi connectivity index (χ4v) is 3.01. The quantitative estimate of drug-likeness (QED) is 0.842. The number of anilines is 1. The van der Waals surface area contributed by atoms with Crippen LogP contribution in [0.4, 0.5) is 5.69 Å². The van der Waals surface area contributed by atoms with E-state index in [1.54, 1.807) is 0 Å². The lowest BCUT2D eigenvalue weighted by Crippen LogP contribution is -2.33. The molecule has 2 unspecified atom stereocenters. The predicted molar refractivity (Wildman–Crippen MR) is 81.8 cm³/mol. The lowest BCUT2D eigenvalue weighted by Gasteiger charge is -2.27. The van der Waals surface area contributed by atoms with Crippen LogP contribution in [0.5, 0.6) is 0 Å². The number of benzene rings is 2. The molecular weight excluding hydrogens is 244 g/mol. The Morgan fingerprint density at radius 1 is 1.15 bits per heavy atom. The van der Waals surface area contributed by atoms with Gasteiger partial charge in [-0.3, -0.25) is 0 Å². The molecule has 0 aliphatic carbocycles. The summed E-state index contributed by atoms with van der Waals surface area (Å²) in [5, 5.41) is 9.50. The van der Waals surface area contributed by atoms with Gasteiger partial charge in [0.1, 0.15) is 0 Å². The van der Waals surface area contributed by atoms with Gasteiger partial charge in [0.25, 0.3) is 0 Å². The van der Waals surface area contributed by atoms with Gasteiger partial charge in [0.2, 0.25) is 0 Å². The van der Waals surface area contributed by atoms with Crippen LogP contribution in [-0.4, -0.2) is 12.6 Å². The molecule has 1 aliphatic rings. The lowest BCUT2D eigenvalue weighted by atomic mass is 10.00. The minimum Gasteiger partial charge on any atom is -0.367 e. The number of fused-ring (bicyclic) bond motifs is 1. The van der Waals surface area contributed by atoms with E-state index in [4.69, 9.17) is 0 Å². The fraction of sp³-hybridized carbons (Fsp3) is 0.278.